The lowest BCUT2D eigenvalue weighted by molar-refractivity contribution is -0.152. The summed E-state index contributed by atoms with van der Waals surface area (Å²) in [4.78, 5) is 10.4. The van der Waals surface area contributed by atoms with Gasteiger partial charge in [0.25, 0.3) is 0 Å². The van der Waals surface area contributed by atoms with Gasteiger partial charge in [-0.2, -0.15) is 0 Å². The van der Waals surface area contributed by atoms with Crippen LogP contribution in [0.2, 0.25) is 0 Å². The van der Waals surface area contributed by atoms with Gasteiger partial charge in [0.1, 0.15) is 0 Å². The zero-order chi connectivity index (χ0) is 9.72. The van der Waals surface area contributed by atoms with Crippen molar-refractivity contribution in [2.24, 2.45) is 11.8 Å². The molecule has 4 heteroatoms. The fourth-order valence-corrected chi connectivity index (χ4v) is 1.02. The second-order valence-electron chi connectivity index (χ2n) is 3.15. The van der Waals surface area contributed by atoms with Gasteiger partial charge in [0.15, 0.2) is 6.10 Å². The largest absolute Gasteiger partial charge is 0.479 e. The number of hydrogen-bond acceptors (Lipinski definition) is 3. The summed E-state index contributed by atoms with van der Waals surface area (Å²) in [6.45, 7) is 3.98. The summed E-state index contributed by atoms with van der Waals surface area (Å²) in [5, 5.41) is 17.7. The number of carboxylic acids is 1. The molecular weight excluding hydrogens is 160 g/mol. The molecule has 2 atom stereocenters. The van der Waals surface area contributed by atoms with Crippen molar-refractivity contribution in [3.05, 3.63) is 0 Å². The third-order valence-corrected chi connectivity index (χ3v) is 1.87. The van der Waals surface area contributed by atoms with Crippen molar-refractivity contribution in [3.63, 3.8) is 0 Å². The van der Waals surface area contributed by atoms with Crippen LogP contribution in [0.1, 0.15) is 13.8 Å². The molecule has 0 rings (SSSR count). The fraction of sp³-hybridized carbons (Fsp3) is 0.875. The highest BCUT2D eigenvalue weighted by Crippen LogP contribution is 2.15. The number of carboxylic acid groups (broad SMARTS) is 1. The van der Waals surface area contributed by atoms with Crippen LogP contribution in [0.5, 0.6) is 0 Å². The second kappa shape index (κ2) is 5.11. The summed E-state index contributed by atoms with van der Waals surface area (Å²) in [7, 11) is 1.49. The standard InChI is InChI=1S/C8H16O4/c1-5(2)6(4-12-3)7(9)8(10)11/h5-7,9H,4H2,1-3H3,(H,10,11). The summed E-state index contributed by atoms with van der Waals surface area (Å²) in [5.74, 6) is -1.44. The van der Waals surface area contributed by atoms with Crippen LogP contribution in [0.25, 0.3) is 0 Å². The molecule has 0 aromatic rings. The molecule has 4 nitrogen and oxygen atoms in total. The fourth-order valence-electron chi connectivity index (χ4n) is 1.02. The van der Waals surface area contributed by atoms with E-state index in [1.807, 2.05) is 13.8 Å². The Balaban J connectivity index is 4.18. The Morgan fingerprint density at radius 3 is 2.25 bits per heavy atom. The van der Waals surface area contributed by atoms with E-state index in [0.29, 0.717) is 0 Å². The van der Waals surface area contributed by atoms with Gasteiger partial charge in [-0.1, -0.05) is 13.8 Å². The number of methoxy groups -OCH3 is 1. The Morgan fingerprint density at radius 1 is 1.50 bits per heavy atom. The van der Waals surface area contributed by atoms with Gasteiger partial charge in [-0.15, -0.1) is 0 Å². The van der Waals surface area contributed by atoms with Crippen molar-refractivity contribution in [3.8, 4) is 0 Å². The number of ether oxygens (including phenoxy) is 1. The van der Waals surface area contributed by atoms with Crippen molar-refractivity contribution in [1.29, 1.82) is 0 Å². The molecule has 72 valence electrons. The third-order valence-electron chi connectivity index (χ3n) is 1.87. The van der Waals surface area contributed by atoms with Gasteiger partial charge < -0.3 is 14.9 Å². The highest BCUT2D eigenvalue weighted by Gasteiger charge is 2.27. The van der Waals surface area contributed by atoms with Crippen LogP contribution in [0, 0.1) is 11.8 Å². The van der Waals surface area contributed by atoms with Crippen molar-refractivity contribution < 1.29 is 19.7 Å². The van der Waals surface area contributed by atoms with Gasteiger partial charge in [-0.05, 0) is 5.92 Å². The Kier molecular flexibility index (Phi) is 4.85. The van der Waals surface area contributed by atoms with E-state index in [2.05, 4.69) is 0 Å². The minimum Gasteiger partial charge on any atom is -0.479 e. The Bertz CT molecular complexity index is 144. The van der Waals surface area contributed by atoms with E-state index in [4.69, 9.17) is 9.84 Å². The predicted octanol–water partition coefficient (Wildman–Crippen LogP) is 0.350. The molecular formula is C8H16O4. The molecule has 0 fully saturated rings. The molecule has 0 aromatic heterocycles. The van der Waals surface area contributed by atoms with E-state index in [-0.39, 0.29) is 18.4 Å². The van der Waals surface area contributed by atoms with Crippen LogP contribution in [-0.4, -0.2) is 36.0 Å². The molecule has 0 aromatic carbocycles. The maximum Gasteiger partial charge on any atom is 0.332 e. The quantitative estimate of drug-likeness (QED) is 0.634. The predicted molar refractivity (Wildman–Crippen MR) is 43.8 cm³/mol. The zero-order valence-corrected chi connectivity index (χ0v) is 7.65. The highest BCUT2D eigenvalue weighted by molar-refractivity contribution is 5.72. The smallest absolute Gasteiger partial charge is 0.332 e. The molecule has 2 N–H and O–H groups in total. The molecule has 0 saturated carbocycles. The lowest BCUT2D eigenvalue weighted by atomic mass is 9.91. The van der Waals surface area contributed by atoms with Gasteiger partial charge >= 0.3 is 5.97 Å². The Morgan fingerprint density at radius 2 is 2.00 bits per heavy atom. The molecule has 0 aliphatic rings. The topological polar surface area (TPSA) is 66.8 Å². The first-order valence-electron chi connectivity index (χ1n) is 3.90. The van der Waals surface area contributed by atoms with Crippen LogP contribution in [0.4, 0.5) is 0 Å². The minimum atomic E-state index is -1.33. The van der Waals surface area contributed by atoms with Crippen molar-refractivity contribution in [2.75, 3.05) is 13.7 Å². The first-order valence-corrected chi connectivity index (χ1v) is 3.90. The van der Waals surface area contributed by atoms with Crippen LogP contribution in [0.3, 0.4) is 0 Å². The van der Waals surface area contributed by atoms with E-state index in [9.17, 15) is 9.90 Å². The maximum atomic E-state index is 10.4. The van der Waals surface area contributed by atoms with Gasteiger partial charge in [0, 0.05) is 13.0 Å². The lowest BCUT2D eigenvalue weighted by Crippen LogP contribution is -2.35. The molecule has 0 amide bonds. The molecule has 12 heavy (non-hydrogen) atoms. The SMILES string of the molecule is COCC(C(C)C)C(O)C(=O)O. The molecule has 0 spiro atoms. The number of aliphatic hydroxyl groups excluding tert-OH is 1. The van der Waals surface area contributed by atoms with E-state index in [0.717, 1.165) is 0 Å². The van der Waals surface area contributed by atoms with Crippen LogP contribution in [-0.2, 0) is 9.53 Å². The highest BCUT2D eigenvalue weighted by atomic mass is 16.5. The van der Waals surface area contributed by atoms with Gasteiger partial charge in [-0.25, -0.2) is 4.79 Å². The monoisotopic (exact) mass is 176 g/mol. The second-order valence-corrected chi connectivity index (χ2v) is 3.15. The molecule has 2 unspecified atom stereocenters. The van der Waals surface area contributed by atoms with Gasteiger partial charge in [0.05, 0.1) is 6.61 Å². The zero-order valence-electron chi connectivity index (χ0n) is 7.65. The van der Waals surface area contributed by atoms with E-state index >= 15 is 0 Å². The van der Waals surface area contributed by atoms with E-state index in [1.54, 1.807) is 0 Å². The first-order chi connectivity index (χ1) is 5.50. The van der Waals surface area contributed by atoms with Crippen LogP contribution in [0.15, 0.2) is 0 Å². The molecule has 0 heterocycles. The Hall–Kier alpha value is -0.610. The number of aliphatic carboxylic acids is 1. The summed E-state index contributed by atoms with van der Waals surface area (Å²) in [6.07, 6.45) is -1.33. The lowest BCUT2D eigenvalue weighted by Gasteiger charge is -2.22. The van der Waals surface area contributed by atoms with Crippen molar-refractivity contribution >= 4 is 5.97 Å². The number of rotatable bonds is 5. The number of aliphatic hydroxyl groups is 1. The van der Waals surface area contributed by atoms with Crippen molar-refractivity contribution in [2.45, 2.75) is 20.0 Å². The number of carbonyl (C=O) groups is 1. The number of hydrogen-bond donors (Lipinski definition) is 2. The van der Waals surface area contributed by atoms with E-state index in [1.165, 1.54) is 7.11 Å². The molecule has 0 aliphatic carbocycles. The molecule has 0 saturated heterocycles. The molecule has 0 radical (unpaired) electrons. The Labute approximate surface area is 72.2 Å². The average Bonchev–Trinajstić information content (AvgIpc) is 1.98. The summed E-state index contributed by atoms with van der Waals surface area (Å²) in [5.41, 5.74) is 0. The third kappa shape index (κ3) is 3.19. The molecule has 0 aliphatic heterocycles. The normalized spacial score (nSPS) is 16.1. The van der Waals surface area contributed by atoms with Gasteiger partial charge in [0.2, 0.25) is 0 Å². The van der Waals surface area contributed by atoms with Crippen molar-refractivity contribution in [1.82, 2.24) is 0 Å². The summed E-state index contributed by atoms with van der Waals surface area (Å²) >= 11 is 0. The minimum absolute atomic E-state index is 0.0936. The average molecular weight is 176 g/mol. The van der Waals surface area contributed by atoms with Gasteiger partial charge in [-0.3, -0.25) is 0 Å². The van der Waals surface area contributed by atoms with Crippen LogP contribution < -0.4 is 0 Å². The summed E-state index contributed by atoms with van der Waals surface area (Å²) < 4.78 is 4.81. The maximum absolute atomic E-state index is 10.4. The van der Waals surface area contributed by atoms with E-state index < -0.39 is 12.1 Å². The van der Waals surface area contributed by atoms with Crippen LogP contribution >= 0.6 is 0 Å². The first kappa shape index (κ1) is 11.4. The molecule has 0 bridgehead atoms. The summed E-state index contributed by atoms with van der Waals surface area (Å²) in [6, 6.07) is 0.